The van der Waals surface area contributed by atoms with Crippen LogP contribution in [0.4, 0.5) is 11.4 Å². The number of benzene rings is 2. The maximum Gasteiger partial charge on any atom is 0.271 e. The fourth-order valence-electron chi connectivity index (χ4n) is 2.07. The Balaban J connectivity index is 1.93. The Hall–Kier alpha value is -3.66. The highest BCUT2D eigenvalue weighted by Gasteiger charge is 2.09. The molecule has 0 radical (unpaired) electrons. The number of nitrogens with zero attached hydrogens (tertiary/aromatic N) is 2. The fourth-order valence-corrected chi connectivity index (χ4v) is 2.07. The van der Waals surface area contributed by atoms with Gasteiger partial charge in [-0.05, 0) is 18.1 Å². The van der Waals surface area contributed by atoms with Gasteiger partial charge in [0.05, 0.1) is 4.92 Å². The third-order valence-electron chi connectivity index (χ3n) is 3.35. The number of nitro benzene ring substituents is 1. The summed E-state index contributed by atoms with van der Waals surface area (Å²) in [6.45, 7) is 0.401. The van der Waals surface area contributed by atoms with Gasteiger partial charge in [0.25, 0.3) is 11.6 Å². The Morgan fingerprint density at radius 1 is 1.20 bits per heavy atom. The van der Waals surface area contributed by atoms with Crippen molar-refractivity contribution < 1.29 is 9.72 Å². The molecule has 0 fully saturated rings. The molecule has 0 aliphatic heterocycles. The van der Waals surface area contributed by atoms with Crippen LogP contribution in [0.15, 0.2) is 66.4 Å². The molecule has 0 aromatic heterocycles. The molecule has 0 saturated heterocycles. The number of nitrogens with one attached hydrogen (secondary N) is 2. The molecule has 2 rings (SSSR count). The van der Waals surface area contributed by atoms with Crippen LogP contribution in [0, 0.1) is 21.4 Å². The third-order valence-corrected chi connectivity index (χ3v) is 3.35. The van der Waals surface area contributed by atoms with E-state index in [1.54, 1.807) is 6.07 Å². The fraction of sp³-hybridized carbons (Fsp3) is 0.111. The zero-order chi connectivity index (χ0) is 18.1. The average molecular weight is 336 g/mol. The topological polar surface area (TPSA) is 108 Å². The van der Waals surface area contributed by atoms with Gasteiger partial charge >= 0.3 is 0 Å². The highest BCUT2D eigenvalue weighted by atomic mass is 16.6. The predicted octanol–water partition coefficient (Wildman–Crippen LogP) is 2.77. The number of anilines is 1. The number of nitriles is 1. The zero-order valence-electron chi connectivity index (χ0n) is 13.3. The van der Waals surface area contributed by atoms with Gasteiger partial charge in [-0.3, -0.25) is 14.9 Å². The van der Waals surface area contributed by atoms with E-state index in [1.165, 1.54) is 24.4 Å². The molecule has 7 heteroatoms. The van der Waals surface area contributed by atoms with Crippen molar-refractivity contribution >= 4 is 17.3 Å². The van der Waals surface area contributed by atoms with E-state index in [1.807, 2.05) is 36.4 Å². The Morgan fingerprint density at radius 2 is 1.96 bits per heavy atom. The van der Waals surface area contributed by atoms with E-state index in [0.29, 0.717) is 18.7 Å². The molecule has 0 spiro atoms. The van der Waals surface area contributed by atoms with Crippen molar-refractivity contribution in [3.8, 4) is 6.07 Å². The molecule has 126 valence electrons. The van der Waals surface area contributed by atoms with Gasteiger partial charge in [-0.1, -0.05) is 36.4 Å². The van der Waals surface area contributed by atoms with Gasteiger partial charge < -0.3 is 10.6 Å². The number of hydrogen-bond acceptors (Lipinski definition) is 5. The summed E-state index contributed by atoms with van der Waals surface area (Å²) in [4.78, 5) is 22.2. The molecule has 25 heavy (non-hydrogen) atoms. The van der Waals surface area contributed by atoms with Crippen molar-refractivity contribution in [2.75, 3.05) is 11.9 Å². The first kappa shape index (κ1) is 17.7. The first-order chi connectivity index (χ1) is 12.1. The molecule has 0 heterocycles. The summed E-state index contributed by atoms with van der Waals surface area (Å²) in [5.41, 5.74) is 1.31. The van der Waals surface area contributed by atoms with E-state index in [9.17, 15) is 14.9 Å². The second-order valence-corrected chi connectivity index (χ2v) is 5.11. The lowest BCUT2D eigenvalue weighted by molar-refractivity contribution is -0.384. The van der Waals surface area contributed by atoms with Crippen molar-refractivity contribution in [2.24, 2.45) is 0 Å². The van der Waals surface area contributed by atoms with E-state index < -0.39 is 10.8 Å². The minimum atomic E-state index is -0.517. The normalized spacial score (nSPS) is 10.6. The van der Waals surface area contributed by atoms with Crippen LogP contribution in [0.25, 0.3) is 0 Å². The summed E-state index contributed by atoms with van der Waals surface area (Å²) < 4.78 is 0. The second-order valence-electron chi connectivity index (χ2n) is 5.11. The molecular formula is C18H16N4O3. The van der Waals surface area contributed by atoms with Gasteiger partial charge in [-0.15, -0.1) is 0 Å². The number of carbonyl (C=O) groups excluding carboxylic acids is 1. The van der Waals surface area contributed by atoms with Gasteiger partial charge in [0.1, 0.15) is 11.6 Å². The Kier molecular flexibility index (Phi) is 6.25. The summed E-state index contributed by atoms with van der Waals surface area (Å²) in [6.07, 6.45) is 1.89. The third kappa shape index (κ3) is 5.48. The molecule has 0 bridgehead atoms. The maximum atomic E-state index is 12.0. The van der Waals surface area contributed by atoms with Crippen molar-refractivity contribution in [2.45, 2.75) is 6.42 Å². The first-order valence-electron chi connectivity index (χ1n) is 7.53. The number of amides is 1. The van der Waals surface area contributed by atoms with E-state index in [-0.39, 0.29) is 11.3 Å². The lowest BCUT2D eigenvalue weighted by Crippen LogP contribution is -2.27. The number of non-ortho nitro benzene ring substituents is 1. The summed E-state index contributed by atoms with van der Waals surface area (Å²) in [5, 5.41) is 25.2. The van der Waals surface area contributed by atoms with Crippen molar-refractivity contribution in [3.05, 3.63) is 82.0 Å². The number of nitro groups is 1. The highest BCUT2D eigenvalue weighted by molar-refractivity contribution is 5.97. The number of hydrogen-bond donors (Lipinski definition) is 2. The maximum absolute atomic E-state index is 12.0. The molecule has 0 aliphatic carbocycles. The van der Waals surface area contributed by atoms with Crippen LogP contribution in [0.5, 0.6) is 0 Å². The predicted molar refractivity (Wildman–Crippen MR) is 93.6 cm³/mol. The lowest BCUT2D eigenvalue weighted by atomic mass is 10.1. The van der Waals surface area contributed by atoms with Crippen molar-refractivity contribution in [3.63, 3.8) is 0 Å². The monoisotopic (exact) mass is 336 g/mol. The second kappa shape index (κ2) is 8.84. The molecule has 0 aliphatic rings. The standard InChI is InChI=1S/C18H16N4O3/c19-12-15(13-21-16-7-4-8-17(11-16)22(24)25)18(23)20-10-9-14-5-2-1-3-6-14/h1-8,11,13,21H,9-10H2,(H,20,23)/b15-13-. The molecule has 7 nitrogen and oxygen atoms in total. The Labute approximate surface area is 144 Å². The smallest absolute Gasteiger partial charge is 0.271 e. The molecule has 0 saturated carbocycles. The molecular weight excluding hydrogens is 320 g/mol. The summed E-state index contributed by atoms with van der Waals surface area (Å²) >= 11 is 0. The minimum absolute atomic E-state index is 0.0794. The number of rotatable bonds is 7. The molecule has 1 amide bonds. The lowest BCUT2D eigenvalue weighted by Gasteiger charge is -2.05. The summed E-state index contributed by atoms with van der Waals surface area (Å²) in [6, 6.07) is 17.3. The molecule has 2 N–H and O–H groups in total. The van der Waals surface area contributed by atoms with Crippen LogP contribution in [0.2, 0.25) is 0 Å². The van der Waals surface area contributed by atoms with Crippen LogP contribution in [-0.2, 0) is 11.2 Å². The van der Waals surface area contributed by atoms with Crippen molar-refractivity contribution in [1.82, 2.24) is 5.32 Å². The quantitative estimate of drug-likeness (QED) is 0.350. The van der Waals surface area contributed by atoms with Gasteiger partial charge in [-0.2, -0.15) is 5.26 Å². The summed E-state index contributed by atoms with van der Waals surface area (Å²) in [7, 11) is 0. The van der Waals surface area contributed by atoms with E-state index in [4.69, 9.17) is 5.26 Å². The van der Waals surface area contributed by atoms with Gasteiger partial charge in [-0.25, -0.2) is 0 Å². The van der Waals surface area contributed by atoms with Crippen LogP contribution < -0.4 is 10.6 Å². The van der Waals surface area contributed by atoms with Crippen LogP contribution in [0.1, 0.15) is 5.56 Å². The van der Waals surface area contributed by atoms with Crippen molar-refractivity contribution in [1.29, 1.82) is 5.26 Å². The van der Waals surface area contributed by atoms with Crippen LogP contribution in [-0.4, -0.2) is 17.4 Å². The largest absolute Gasteiger partial charge is 0.360 e. The summed E-state index contributed by atoms with van der Waals surface area (Å²) in [5.74, 6) is -0.503. The Bertz CT molecular complexity index is 826. The SMILES string of the molecule is N#C/C(=C/Nc1cccc([N+](=O)[O-])c1)C(=O)NCCc1ccccc1. The molecule has 0 atom stereocenters. The van der Waals surface area contributed by atoms with E-state index in [2.05, 4.69) is 10.6 Å². The van der Waals surface area contributed by atoms with Crippen LogP contribution in [0.3, 0.4) is 0 Å². The van der Waals surface area contributed by atoms with E-state index in [0.717, 1.165) is 5.56 Å². The highest BCUT2D eigenvalue weighted by Crippen LogP contribution is 2.17. The van der Waals surface area contributed by atoms with Gasteiger partial charge in [0.15, 0.2) is 0 Å². The van der Waals surface area contributed by atoms with Crippen LogP contribution >= 0.6 is 0 Å². The average Bonchev–Trinajstić information content (AvgIpc) is 2.63. The Morgan fingerprint density at radius 3 is 2.64 bits per heavy atom. The minimum Gasteiger partial charge on any atom is -0.360 e. The van der Waals surface area contributed by atoms with Gasteiger partial charge in [0.2, 0.25) is 0 Å². The number of carbonyl (C=O) groups is 1. The van der Waals surface area contributed by atoms with Gasteiger partial charge in [0, 0.05) is 30.6 Å². The molecule has 0 unspecified atom stereocenters. The molecule has 2 aromatic rings. The van der Waals surface area contributed by atoms with E-state index >= 15 is 0 Å². The first-order valence-corrected chi connectivity index (χ1v) is 7.53. The molecule has 2 aromatic carbocycles. The zero-order valence-corrected chi connectivity index (χ0v) is 13.3.